The van der Waals surface area contributed by atoms with E-state index in [2.05, 4.69) is 4.98 Å². The van der Waals surface area contributed by atoms with E-state index in [0.717, 1.165) is 6.07 Å². The molecule has 76 valence electrons. The highest BCUT2D eigenvalue weighted by molar-refractivity contribution is 5.41. The van der Waals surface area contributed by atoms with Crippen LogP contribution in [0.3, 0.4) is 0 Å². The van der Waals surface area contributed by atoms with Gasteiger partial charge in [0.15, 0.2) is 0 Å². The van der Waals surface area contributed by atoms with Crippen LogP contribution in [0.4, 0.5) is 8.78 Å². The predicted molar refractivity (Wildman–Crippen MR) is 44.9 cm³/mol. The summed E-state index contributed by atoms with van der Waals surface area (Å²) < 4.78 is 24.5. The molecule has 0 atom stereocenters. The third kappa shape index (κ3) is 2.18. The predicted octanol–water partition coefficient (Wildman–Crippen LogP) is 1.66. The SMILES string of the molecule is N#CCc1cc(O)c(C(F)F)nc1C#N. The van der Waals surface area contributed by atoms with Crippen LogP contribution >= 0.6 is 0 Å². The molecule has 0 aliphatic carbocycles. The Hall–Kier alpha value is -2.21. The molecule has 15 heavy (non-hydrogen) atoms. The molecule has 1 aromatic rings. The minimum Gasteiger partial charge on any atom is -0.506 e. The van der Waals surface area contributed by atoms with Crippen molar-refractivity contribution in [1.82, 2.24) is 4.98 Å². The van der Waals surface area contributed by atoms with Crippen LogP contribution in [0, 0.1) is 22.7 Å². The first-order valence-electron chi connectivity index (χ1n) is 3.88. The average molecular weight is 209 g/mol. The number of hydrogen-bond acceptors (Lipinski definition) is 4. The standard InChI is InChI=1S/C9H5F2N3O/c10-9(11)8-7(15)3-5(1-2-12)6(4-13)14-8/h3,9,15H,1H2. The first kappa shape index (κ1) is 10.9. The molecule has 0 saturated heterocycles. The molecule has 0 radical (unpaired) electrons. The van der Waals surface area contributed by atoms with Gasteiger partial charge in [0.25, 0.3) is 6.43 Å². The van der Waals surface area contributed by atoms with Crippen LogP contribution in [0.15, 0.2) is 6.07 Å². The van der Waals surface area contributed by atoms with Crippen LogP contribution in [0.5, 0.6) is 5.75 Å². The van der Waals surface area contributed by atoms with Crippen LogP contribution in [0.25, 0.3) is 0 Å². The van der Waals surface area contributed by atoms with Crippen LogP contribution < -0.4 is 0 Å². The molecule has 1 N–H and O–H groups in total. The van der Waals surface area contributed by atoms with E-state index in [1.807, 2.05) is 0 Å². The van der Waals surface area contributed by atoms with Gasteiger partial charge in [-0.1, -0.05) is 0 Å². The van der Waals surface area contributed by atoms with Crippen molar-refractivity contribution in [3.8, 4) is 17.9 Å². The number of hydrogen-bond donors (Lipinski definition) is 1. The van der Waals surface area contributed by atoms with E-state index in [1.54, 1.807) is 12.1 Å². The molecule has 0 aliphatic heterocycles. The van der Waals surface area contributed by atoms with Gasteiger partial charge >= 0.3 is 0 Å². The number of nitrogens with zero attached hydrogens (tertiary/aromatic N) is 3. The molecule has 0 amide bonds. The quantitative estimate of drug-likeness (QED) is 0.803. The summed E-state index contributed by atoms with van der Waals surface area (Å²) in [5.74, 6) is -0.700. The van der Waals surface area contributed by atoms with E-state index in [1.165, 1.54) is 0 Å². The van der Waals surface area contributed by atoms with Gasteiger partial charge in [-0.3, -0.25) is 0 Å². The van der Waals surface area contributed by atoms with Gasteiger partial charge in [-0.15, -0.1) is 0 Å². The number of aromatic hydroxyl groups is 1. The van der Waals surface area contributed by atoms with Gasteiger partial charge in [0, 0.05) is 5.56 Å². The molecule has 0 bridgehead atoms. The van der Waals surface area contributed by atoms with E-state index in [9.17, 15) is 8.78 Å². The highest BCUT2D eigenvalue weighted by atomic mass is 19.3. The summed E-state index contributed by atoms with van der Waals surface area (Å²) in [4.78, 5) is 3.30. The number of rotatable bonds is 2. The lowest BCUT2D eigenvalue weighted by Gasteiger charge is -2.05. The second-order valence-corrected chi connectivity index (χ2v) is 2.65. The zero-order chi connectivity index (χ0) is 11.4. The monoisotopic (exact) mass is 209 g/mol. The molecule has 6 heteroatoms. The van der Waals surface area contributed by atoms with Crippen molar-refractivity contribution < 1.29 is 13.9 Å². The third-order valence-corrected chi connectivity index (χ3v) is 1.69. The van der Waals surface area contributed by atoms with Crippen LogP contribution in [-0.4, -0.2) is 10.1 Å². The molecule has 0 saturated carbocycles. The van der Waals surface area contributed by atoms with Gasteiger partial charge < -0.3 is 5.11 Å². The molecule has 0 aromatic carbocycles. The maximum Gasteiger partial charge on any atom is 0.284 e. The van der Waals surface area contributed by atoms with Crippen molar-refractivity contribution in [1.29, 1.82) is 10.5 Å². The Labute approximate surface area is 84.0 Å². The lowest BCUT2D eigenvalue weighted by molar-refractivity contribution is 0.141. The van der Waals surface area contributed by atoms with E-state index in [0.29, 0.717) is 0 Å². The Kier molecular flexibility index (Phi) is 3.14. The Bertz CT molecular complexity index is 460. The van der Waals surface area contributed by atoms with E-state index >= 15 is 0 Å². The number of pyridine rings is 1. The fourth-order valence-electron chi connectivity index (χ4n) is 1.03. The third-order valence-electron chi connectivity index (χ3n) is 1.69. The summed E-state index contributed by atoms with van der Waals surface area (Å²) in [6, 6.07) is 4.31. The second-order valence-electron chi connectivity index (χ2n) is 2.65. The summed E-state index contributed by atoms with van der Waals surface area (Å²) >= 11 is 0. The van der Waals surface area contributed by atoms with Gasteiger partial charge in [0.05, 0.1) is 12.5 Å². The lowest BCUT2D eigenvalue weighted by atomic mass is 10.1. The van der Waals surface area contributed by atoms with Gasteiger partial charge in [-0.05, 0) is 6.07 Å². The second kappa shape index (κ2) is 4.34. The molecular formula is C9H5F2N3O. The summed E-state index contributed by atoms with van der Waals surface area (Å²) in [5, 5.41) is 26.1. The summed E-state index contributed by atoms with van der Waals surface area (Å²) in [5.41, 5.74) is -0.959. The zero-order valence-electron chi connectivity index (χ0n) is 7.41. The molecule has 4 nitrogen and oxygen atoms in total. The van der Waals surface area contributed by atoms with Crippen LogP contribution in [-0.2, 0) is 6.42 Å². The largest absolute Gasteiger partial charge is 0.506 e. The smallest absolute Gasteiger partial charge is 0.284 e. The fraction of sp³-hybridized carbons (Fsp3) is 0.222. The van der Waals surface area contributed by atoms with Gasteiger partial charge in [0.1, 0.15) is 23.2 Å². The zero-order valence-corrected chi connectivity index (χ0v) is 7.41. The Morgan fingerprint density at radius 3 is 2.60 bits per heavy atom. The number of nitriles is 2. The summed E-state index contributed by atoms with van der Waals surface area (Å²) in [7, 11) is 0. The van der Waals surface area contributed by atoms with Crippen molar-refractivity contribution in [3.63, 3.8) is 0 Å². The Morgan fingerprint density at radius 2 is 2.13 bits per heavy atom. The van der Waals surface area contributed by atoms with Crippen molar-refractivity contribution in [2.75, 3.05) is 0 Å². The topological polar surface area (TPSA) is 80.7 Å². The summed E-state index contributed by atoms with van der Waals surface area (Å²) in [6.07, 6.45) is -3.11. The average Bonchev–Trinajstić information content (AvgIpc) is 2.18. The summed E-state index contributed by atoms with van der Waals surface area (Å²) in [6.45, 7) is 0. The minimum absolute atomic E-state index is 0.141. The lowest BCUT2D eigenvalue weighted by Crippen LogP contribution is -1.99. The Morgan fingerprint density at radius 1 is 1.47 bits per heavy atom. The maximum absolute atomic E-state index is 12.3. The molecule has 1 heterocycles. The van der Waals surface area contributed by atoms with Gasteiger partial charge in [-0.25, -0.2) is 13.8 Å². The fourth-order valence-corrected chi connectivity index (χ4v) is 1.03. The van der Waals surface area contributed by atoms with Crippen molar-refractivity contribution in [3.05, 3.63) is 23.0 Å². The number of alkyl halides is 2. The molecule has 0 fully saturated rings. The van der Waals surface area contributed by atoms with Crippen LogP contribution in [0.1, 0.15) is 23.4 Å². The first-order valence-corrected chi connectivity index (χ1v) is 3.88. The minimum atomic E-state index is -2.95. The molecular weight excluding hydrogens is 204 g/mol. The first-order chi connectivity index (χ1) is 7.10. The van der Waals surface area contributed by atoms with Gasteiger partial charge in [0.2, 0.25) is 0 Å². The Balaban J connectivity index is 3.32. The van der Waals surface area contributed by atoms with E-state index in [-0.39, 0.29) is 17.7 Å². The molecule has 1 rings (SSSR count). The number of halogens is 2. The van der Waals surface area contributed by atoms with Gasteiger partial charge in [-0.2, -0.15) is 10.5 Å². The molecule has 0 unspecified atom stereocenters. The van der Waals surface area contributed by atoms with Crippen molar-refractivity contribution >= 4 is 0 Å². The van der Waals surface area contributed by atoms with E-state index < -0.39 is 17.9 Å². The molecule has 1 aromatic heterocycles. The normalized spacial score (nSPS) is 9.67. The number of aromatic nitrogens is 1. The molecule has 0 aliphatic rings. The van der Waals surface area contributed by atoms with E-state index in [4.69, 9.17) is 15.6 Å². The van der Waals surface area contributed by atoms with Crippen molar-refractivity contribution in [2.24, 2.45) is 0 Å². The van der Waals surface area contributed by atoms with Crippen molar-refractivity contribution in [2.45, 2.75) is 12.8 Å². The maximum atomic E-state index is 12.3. The highest BCUT2D eigenvalue weighted by Gasteiger charge is 2.18. The highest BCUT2D eigenvalue weighted by Crippen LogP contribution is 2.28. The van der Waals surface area contributed by atoms with Crippen LogP contribution in [0.2, 0.25) is 0 Å². The molecule has 0 spiro atoms.